The summed E-state index contributed by atoms with van der Waals surface area (Å²) in [5, 5.41) is 12.4. The lowest BCUT2D eigenvalue weighted by Crippen LogP contribution is -2.38. The molecular weight excluding hydrogens is 220 g/mol. The Morgan fingerprint density at radius 3 is 3.29 bits per heavy atom. The van der Waals surface area contributed by atoms with E-state index in [1.807, 2.05) is 6.07 Å². The van der Waals surface area contributed by atoms with Crippen LogP contribution >= 0.6 is 0 Å². The van der Waals surface area contributed by atoms with Crippen LogP contribution in [-0.4, -0.2) is 35.5 Å². The average Bonchev–Trinajstić information content (AvgIpc) is 2.91. The summed E-state index contributed by atoms with van der Waals surface area (Å²) in [7, 11) is 0. The molecular formula is C11H18N4O2. The van der Waals surface area contributed by atoms with Crippen LogP contribution in [0.25, 0.3) is 0 Å². The normalized spacial score (nSPS) is 19.2. The molecule has 2 heterocycles. The Labute approximate surface area is 100 Å². The second kappa shape index (κ2) is 5.67. The minimum atomic E-state index is -0.227. The number of hydrogen-bond acceptors (Lipinski definition) is 3. The van der Waals surface area contributed by atoms with Gasteiger partial charge >= 0.3 is 6.03 Å². The average molecular weight is 238 g/mol. The summed E-state index contributed by atoms with van der Waals surface area (Å²) < 4.78 is 5.18. The number of urea groups is 1. The van der Waals surface area contributed by atoms with Gasteiger partial charge in [-0.2, -0.15) is 5.10 Å². The summed E-state index contributed by atoms with van der Waals surface area (Å²) in [5.74, 6) is 0.560. The molecule has 0 spiro atoms. The second-order valence-electron chi connectivity index (χ2n) is 4.19. The van der Waals surface area contributed by atoms with E-state index in [1.54, 1.807) is 0 Å². The van der Waals surface area contributed by atoms with Crippen molar-refractivity contribution in [2.75, 3.05) is 18.5 Å². The van der Waals surface area contributed by atoms with E-state index in [4.69, 9.17) is 4.74 Å². The van der Waals surface area contributed by atoms with Crippen LogP contribution < -0.4 is 10.6 Å². The van der Waals surface area contributed by atoms with Crippen LogP contribution in [0.2, 0.25) is 0 Å². The first-order valence-corrected chi connectivity index (χ1v) is 5.97. The van der Waals surface area contributed by atoms with Gasteiger partial charge in [0.1, 0.15) is 0 Å². The summed E-state index contributed by atoms with van der Waals surface area (Å²) >= 11 is 0. The topological polar surface area (TPSA) is 79.0 Å². The maximum atomic E-state index is 11.6. The SMILES string of the molecule is CCCc1cc(NC(=O)NC2CCOC2)n[nH]1. The molecule has 0 aliphatic carbocycles. The molecule has 0 saturated carbocycles. The molecule has 1 saturated heterocycles. The fourth-order valence-electron chi connectivity index (χ4n) is 1.81. The predicted octanol–water partition coefficient (Wildman–Crippen LogP) is 1.27. The molecule has 1 fully saturated rings. The third kappa shape index (κ3) is 3.45. The molecule has 0 aromatic carbocycles. The third-order valence-electron chi connectivity index (χ3n) is 2.66. The molecule has 1 aromatic rings. The van der Waals surface area contributed by atoms with Crippen molar-refractivity contribution in [2.45, 2.75) is 32.2 Å². The fraction of sp³-hybridized carbons (Fsp3) is 0.636. The van der Waals surface area contributed by atoms with Gasteiger partial charge in [-0.05, 0) is 12.8 Å². The predicted molar refractivity (Wildman–Crippen MR) is 64.0 cm³/mol. The Morgan fingerprint density at radius 1 is 1.71 bits per heavy atom. The van der Waals surface area contributed by atoms with Crippen molar-refractivity contribution in [2.24, 2.45) is 0 Å². The Balaban J connectivity index is 1.80. The summed E-state index contributed by atoms with van der Waals surface area (Å²) in [6.07, 6.45) is 2.86. The van der Waals surface area contributed by atoms with Gasteiger partial charge in [0, 0.05) is 18.4 Å². The summed E-state index contributed by atoms with van der Waals surface area (Å²) in [6.45, 7) is 3.41. The van der Waals surface area contributed by atoms with Crippen molar-refractivity contribution >= 4 is 11.8 Å². The first-order valence-electron chi connectivity index (χ1n) is 5.97. The van der Waals surface area contributed by atoms with E-state index in [9.17, 15) is 4.79 Å². The van der Waals surface area contributed by atoms with E-state index in [2.05, 4.69) is 27.8 Å². The number of aromatic amines is 1. The van der Waals surface area contributed by atoms with Crippen LogP contribution in [0.15, 0.2) is 6.07 Å². The monoisotopic (exact) mass is 238 g/mol. The minimum Gasteiger partial charge on any atom is -0.379 e. The van der Waals surface area contributed by atoms with Crippen LogP contribution in [0.1, 0.15) is 25.5 Å². The first-order chi connectivity index (χ1) is 8.28. The van der Waals surface area contributed by atoms with E-state index >= 15 is 0 Å². The highest BCUT2D eigenvalue weighted by molar-refractivity contribution is 5.88. The van der Waals surface area contributed by atoms with Crippen LogP contribution in [0, 0.1) is 0 Å². The maximum absolute atomic E-state index is 11.6. The van der Waals surface area contributed by atoms with E-state index in [-0.39, 0.29) is 12.1 Å². The maximum Gasteiger partial charge on any atom is 0.320 e. The third-order valence-corrected chi connectivity index (χ3v) is 2.66. The Hall–Kier alpha value is -1.56. The smallest absolute Gasteiger partial charge is 0.320 e. The highest BCUT2D eigenvalue weighted by atomic mass is 16.5. The lowest BCUT2D eigenvalue weighted by Gasteiger charge is -2.10. The number of nitrogens with one attached hydrogen (secondary N) is 3. The van der Waals surface area contributed by atoms with Gasteiger partial charge < -0.3 is 10.1 Å². The highest BCUT2D eigenvalue weighted by Gasteiger charge is 2.17. The summed E-state index contributed by atoms with van der Waals surface area (Å²) in [6, 6.07) is 1.74. The number of carbonyl (C=O) groups excluding carboxylic acids is 1. The quantitative estimate of drug-likeness (QED) is 0.739. The van der Waals surface area contributed by atoms with Gasteiger partial charge in [-0.3, -0.25) is 10.4 Å². The van der Waals surface area contributed by atoms with E-state index in [1.165, 1.54) is 0 Å². The zero-order chi connectivity index (χ0) is 12.1. The molecule has 6 heteroatoms. The fourth-order valence-corrected chi connectivity index (χ4v) is 1.81. The number of rotatable bonds is 4. The molecule has 3 N–H and O–H groups in total. The number of aryl methyl sites for hydroxylation is 1. The molecule has 6 nitrogen and oxygen atoms in total. The molecule has 1 aromatic heterocycles. The number of nitrogens with zero attached hydrogens (tertiary/aromatic N) is 1. The number of ether oxygens (including phenoxy) is 1. The number of amides is 2. The molecule has 2 amide bonds. The lowest BCUT2D eigenvalue weighted by atomic mass is 10.2. The van der Waals surface area contributed by atoms with Gasteiger partial charge in [0.2, 0.25) is 0 Å². The minimum absolute atomic E-state index is 0.115. The number of hydrogen-bond donors (Lipinski definition) is 3. The van der Waals surface area contributed by atoms with Crippen molar-refractivity contribution in [1.82, 2.24) is 15.5 Å². The Morgan fingerprint density at radius 2 is 2.59 bits per heavy atom. The number of H-pyrrole nitrogens is 1. The van der Waals surface area contributed by atoms with Crippen molar-refractivity contribution in [3.8, 4) is 0 Å². The van der Waals surface area contributed by atoms with Gasteiger partial charge in [0.25, 0.3) is 0 Å². The van der Waals surface area contributed by atoms with Crippen LogP contribution in [-0.2, 0) is 11.2 Å². The van der Waals surface area contributed by atoms with Crippen molar-refractivity contribution < 1.29 is 9.53 Å². The Kier molecular flexibility index (Phi) is 3.98. The summed E-state index contributed by atoms with van der Waals surface area (Å²) in [5.41, 5.74) is 1.03. The van der Waals surface area contributed by atoms with E-state index in [0.717, 1.165) is 25.0 Å². The molecule has 1 aliphatic heterocycles. The summed E-state index contributed by atoms with van der Waals surface area (Å²) in [4.78, 5) is 11.6. The largest absolute Gasteiger partial charge is 0.379 e. The first kappa shape index (κ1) is 11.9. The lowest BCUT2D eigenvalue weighted by molar-refractivity contribution is 0.189. The highest BCUT2D eigenvalue weighted by Crippen LogP contribution is 2.08. The molecule has 0 radical (unpaired) electrons. The molecule has 17 heavy (non-hydrogen) atoms. The van der Waals surface area contributed by atoms with Crippen molar-refractivity contribution in [3.63, 3.8) is 0 Å². The van der Waals surface area contributed by atoms with Crippen LogP contribution in [0.4, 0.5) is 10.6 Å². The molecule has 0 bridgehead atoms. The molecule has 1 aliphatic rings. The number of carbonyl (C=O) groups is 1. The van der Waals surface area contributed by atoms with E-state index in [0.29, 0.717) is 19.0 Å². The molecule has 94 valence electrons. The molecule has 2 rings (SSSR count). The molecule has 1 atom stereocenters. The van der Waals surface area contributed by atoms with Gasteiger partial charge in [-0.15, -0.1) is 0 Å². The van der Waals surface area contributed by atoms with Crippen LogP contribution in [0.3, 0.4) is 0 Å². The van der Waals surface area contributed by atoms with Gasteiger partial charge in [0.15, 0.2) is 5.82 Å². The molecule has 1 unspecified atom stereocenters. The number of aromatic nitrogens is 2. The van der Waals surface area contributed by atoms with Gasteiger partial charge in [0.05, 0.1) is 12.6 Å². The number of anilines is 1. The zero-order valence-electron chi connectivity index (χ0n) is 9.95. The Bertz CT molecular complexity index is 371. The second-order valence-corrected chi connectivity index (χ2v) is 4.19. The van der Waals surface area contributed by atoms with Gasteiger partial charge in [-0.1, -0.05) is 13.3 Å². The van der Waals surface area contributed by atoms with Crippen molar-refractivity contribution in [3.05, 3.63) is 11.8 Å². The van der Waals surface area contributed by atoms with Gasteiger partial charge in [-0.25, -0.2) is 4.79 Å². The standard InChI is InChI=1S/C11H18N4O2/c1-2-3-8-6-10(15-14-8)13-11(16)12-9-4-5-17-7-9/h6,9H,2-5,7H2,1H3,(H3,12,13,14,15,16). The van der Waals surface area contributed by atoms with Crippen molar-refractivity contribution in [1.29, 1.82) is 0 Å². The van der Waals surface area contributed by atoms with Crippen LogP contribution in [0.5, 0.6) is 0 Å². The van der Waals surface area contributed by atoms with E-state index < -0.39 is 0 Å². The zero-order valence-corrected chi connectivity index (χ0v) is 9.95.